The number of likely N-dealkylation sites (tertiary alicyclic amines) is 1. The van der Waals surface area contributed by atoms with Crippen molar-refractivity contribution in [2.24, 2.45) is 5.92 Å². The summed E-state index contributed by atoms with van der Waals surface area (Å²) in [4.78, 5) is 32.0. The van der Waals surface area contributed by atoms with E-state index >= 15 is 0 Å². The van der Waals surface area contributed by atoms with Crippen LogP contribution in [0, 0.1) is 11.7 Å². The first-order valence-electron chi connectivity index (χ1n) is 12.3. The zero-order chi connectivity index (χ0) is 23.8. The van der Waals surface area contributed by atoms with E-state index in [4.69, 9.17) is 4.74 Å². The number of carbonyl (C=O) groups is 2. The molecule has 0 aromatic heterocycles. The van der Waals surface area contributed by atoms with E-state index in [1.807, 2.05) is 52.3 Å². The van der Waals surface area contributed by atoms with E-state index in [1.54, 1.807) is 6.07 Å². The van der Waals surface area contributed by atoms with Crippen molar-refractivity contribution in [2.45, 2.75) is 32.2 Å². The molecule has 0 aliphatic carbocycles. The van der Waals surface area contributed by atoms with Crippen LogP contribution >= 0.6 is 0 Å². The molecule has 2 aliphatic rings. The van der Waals surface area contributed by atoms with Crippen molar-refractivity contribution >= 4 is 11.8 Å². The first-order chi connectivity index (χ1) is 16.6. The maximum atomic E-state index is 14.0. The Balaban J connectivity index is 1.24. The summed E-state index contributed by atoms with van der Waals surface area (Å²) in [5.41, 5.74) is 0.694. The average Bonchev–Trinajstić information content (AvgIpc) is 3.11. The summed E-state index contributed by atoms with van der Waals surface area (Å²) >= 11 is 0. The third kappa shape index (κ3) is 6.56. The predicted octanol–water partition coefficient (Wildman–Crippen LogP) is 3.57. The standard InChI is InChI=1S/C27H34FN3O3/c28-25-12-5-4-8-22(25)20-29-14-7-16-30(18-17-29)27(33)23-9-6-15-31(21-23)26(32)13-19-34-24-10-2-1-3-11-24/h1-5,8,10-12,23H,6-7,9,13-21H2. The van der Waals surface area contributed by atoms with E-state index in [-0.39, 0.29) is 23.5 Å². The number of ether oxygens (including phenoxy) is 1. The van der Waals surface area contributed by atoms with Crippen LogP contribution in [0.3, 0.4) is 0 Å². The highest BCUT2D eigenvalue weighted by atomic mass is 19.1. The van der Waals surface area contributed by atoms with Crippen molar-refractivity contribution in [3.05, 3.63) is 66.0 Å². The lowest BCUT2D eigenvalue weighted by Gasteiger charge is -2.35. The minimum absolute atomic E-state index is 0.0420. The Morgan fingerprint density at radius 2 is 1.65 bits per heavy atom. The third-order valence-corrected chi connectivity index (χ3v) is 6.70. The quantitative estimate of drug-likeness (QED) is 0.625. The number of nitrogens with zero attached hydrogens (tertiary/aromatic N) is 3. The molecular formula is C27H34FN3O3. The molecule has 2 amide bonds. The zero-order valence-corrected chi connectivity index (χ0v) is 19.7. The number of halogens is 1. The molecular weight excluding hydrogens is 433 g/mol. The fraction of sp³-hybridized carbons (Fsp3) is 0.481. The van der Waals surface area contributed by atoms with E-state index < -0.39 is 0 Å². The van der Waals surface area contributed by atoms with Crippen LogP contribution in [-0.4, -0.2) is 72.4 Å². The van der Waals surface area contributed by atoms with Gasteiger partial charge in [0.1, 0.15) is 11.6 Å². The molecule has 7 heteroatoms. The Labute approximate surface area is 201 Å². The van der Waals surface area contributed by atoms with Gasteiger partial charge in [0, 0.05) is 51.4 Å². The van der Waals surface area contributed by atoms with E-state index in [2.05, 4.69) is 4.90 Å². The number of benzene rings is 2. The van der Waals surface area contributed by atoms with Gasteiger partial charge in [-0.1, -0.05) is 36.4 Å². The summed E-state index contributed by atoms with van der Waals surface area (Å²) in [6.07, 6.45) is 2.84. The van der Waals surface area contributed by atoms with Crippen molar-refractivity contribution < 1.29 is 18.7 Å². The van der Waals surface area contributed by atoms with Crippen LogP contribution in [0.5, 0.6) is 5.75 Å². The number of hydrogen-bond donors (Lipinski definition) is 0. The van der Waals surface area contributed by atoms with Crippen LogP contribution < -0.4 is 4.74 Å². The van der Waals surface area contributed by atoms with Gasteiger partial charge in [0.2, 0.25) is 11.8 Å². The molecule has 0 spiro atoms. The molecule has 2 aromatic carbocycles. The Hall–Kier alpha value is -2.93. The summed E-state index contributed by atoms with van der Waals surface area (Å²) in [5, 5.41) is 0. The lowest BCUT2D eigenvalue weighted by Crippen LogP contribution is -2.47. The van der Waals surface area contributed by atoms with Gasteiger partial charge in [-0.05, 0) is 37.5 Å². The van der Waals surface area contributed by atoms with Crippen LogP contribution in [-0.2, 0) is 16.1 Å². The van der Waals surface area contributed by atoms with Gasteiger partial charge < -0.3 is 14.5 Å². The molecule has 0 saturated carbocycles. The smallest absolute Gasteiger partial charge is 0.227 e. The number of carbonyl (C=O) groups excluding carboxylic acids is 2. The molecule has 4 rings (SSSR count). The zero-order valence-electron chi connectivity index (χ0n) is 19.7. The van der Waals surface area contributed by atoms with Gasteiger partial charge in [0.15, 0.2) is 0 Å². The van der Waals surface area contributed by atoms with Crippen LogP contribution in [0.2, 0.25) is 0 Å². The topological polar surface area (TPSA) is 53.1 Å². The molecule has 2 aliphatic heterocycles. The van der Waals surface area contributed by atoms with Gasteiger partial charge in [0.25, 0.3) is 0 Å². The van der Waals surface area contributed by atoms with Gasteiger partial charge in [-0.25, -0.2) is 4.39 Å². The molecule has 1 unspecified atom stereocenters. The Kier molecular flexibility index (Phi) is 8.52. The van der Waals surface area contributed by atoms with Crippen molar-refractivity contribution in [3.8, 4) is 5.75 Å². The van der Waals surface area contributed by atoms with E-state index in [9.17, 15) is 14.0 Å². The normalized spacial score (nSPS) is 19.5. The highest BCUT2D eigenvalue weighted by Gasteiger charge is 2.32. The Bertz CT molecular complexity index is 955. The second-order valence-electron chi connectivity index (χ2n) is 9.14. The van der Waals surface area contributed by atoms with E-state index in [1.165, 1.54) is 6.07 Å². The second-order valence-corrected chi connectivity index (χ2v) is 9.14. The lowest BCUT2D eigenvalue weighted by molar-refractivity contribution is -0.141. The van der Waals surface area contributed by atoms with Crippen molar-refractivity contribution in [1.82, 2.24) is 14.7 Å². The summed E-state index contributed by atoms with van der Waals surface area (Å²) in [5.74, 6) is 0.616. The van der Waals surface area contributed by atoms with Gasteiger partial charge in [-0.3, -0.25) is 14.5 Å². The highest BCUT2D eigenvalue weighted by Crippen LogP contribution is 2.21. The fourth-order valence-electron chi connectivity index (χ4n) is 4.81. The number of hydrogen-bond acceptors (Lipinski definition) is 4. The lowest BCUT2D eigenvalue weighted by atomic mass is 9.96. The monoisotopic (exact) mass is 467 g/mol. The summed E-state index contributed by atoms with van der Waals surface area (Å²) in [6, 6.07) is 16.4. The van der Waals surface area contributed by atoms with Crippen molar-refractivity contribution in [1.29, 1.82) is 0 Å². The van der Waals surface area contributed by atoms with Crippen molar-refractivity contribution in [2.75, 3.05) is 45.9 Å². The number of para-hydroxylation sites is 1. The summed E-state index contributed by atoms with van der Waals surface area (Å²) < 4.78 is 19.7. The molecule has 0 radical (unpaired) electrons. The summed E-state index contributed by atoms with van der Waals surface area (Å²) in [7, 11) is 0. The molecule has 2 saturated heterocycles. The van der Waals surface area contributed by atoms with Crippen LogP contribution in [0.25, 0.3) is 0 Å². The van der Waals surface area contributed by atoms with E-state index in [0.29, 0.717) is 51.3 Å². The Morgan fingerprint density at radius 3 is 2.47 bits per heavy atom. The highest BCUT2D eigenvalue weighted by molar-refractivity contribution is 5.81. The van der Waals surface area contributed by atoms with Gasteiger partial charge in [0.05, 0.1) is 18.9 Å². The fourth-order valence-corrected chi connectivity index (χ4v) is 4.81. The maximum absolute atomic E-state index is 14.0. The number of piperidine rings is 1. The van der Waals surface area contributed by atoms with Gasteiger partial charge >= 0.3 is 0 Å². The number of rotatable bonds is 7. The summed E-state index contributed by atoms with van der Waals surface area (Å²) in [6.45, 7) is 5.00. The first kappa shape index (κ1) is 24.2. The van der Waals surface area contributed by atoms with Crippen LogP contribution in [0.15, 0.2) is 54.6 Å². The SMILES string of the molecule is O=C(CCOc1ccccc1)N1CCCC(C(=O)N2CCCN(Cc3ccccc3F)CC2)C1. The van der Waals surface area contributed by atoms with E-state index in [0.717, 1.165) is 38.1 Å². The van der Waals surface area contributed by atoms with Crippen LogP contribution in [0.4, 0.5) is 4.39 Å². The van der Waals surface area contributed by atoms with Crippen LogP contribution in [0.1, 0.15) is 31.2 Å². The molecule has 2 fully saturated rings. The molecule has 34 heavy (non-hydrogen) atoms. The van der Waals surface area contributed by atoms with Gasteiger partial charge in [-0.15, -0.1) is 0 Å². The molecule has 1 atom stereocenters. The molecule has 2 aromatic rings. The average molecular weight is 468 g/mol. The first-order valence-corrected chi connectivity index (χ1v) is 12.3. The number of amides is 2. The molecule has 182 valence electrons. The van der Waals surface area contributed by atoms with Crippen molar-refractivity contribution in [3.63, 3.8) is 0 Å². The molecule has 2 heterocycles. The third-order valence-electron chi connectivity index (χ3n) is 6.70. The Morgan fingerprint density at radius 1 is 0.882 bits per heavy atom. The predicted molar refractivity (Wildman–Crippen MR) is 129 cm³/mol. The maximum Gasteiger partial charge on any atom is 0.227 e. The largest absolute Gasteiger partial charge is 0.493 e. The minimum Gasteiger partial charge on any atom is -0.493 e. The molecule has 6 nitrogen and oxygen atoms in total. The molecule has 0 bridgehead atoms. The minimum atomic E-state index is -0.180. The second kappa shape index (κ2) is 12.0. The van der Waals surface area contributed by atoms with Gasteiger partial charge in [-0.2, -0.15) is 0 Å². The molecule has 0 N–H and O–H groups in total.